The highest BCUT2D eigenvalue weighted by molar-refractivity contribution is 5.83. The fraction of sp³-hybridized carbons (Fsp3) is 0.292. The highest BCUT2D eigenvalue weighted by Gasteiger charge is 2.25. The molecule has 0 aliphatic heterocycles. The molecule has 0 aliphatic rings. The Balaban J connectivity index is 1.85. The lowest BCUT2D eigenvalue weighted by atomic mass is 10.1. The van der Waals surface area contributed by atoms with Crippen LogP contribution in [0.25, 0.3) is 0 Å². The predicted octanol–water partition coefficient (Wildman–Crippen LogP) is 3.13. The second-order valence-corrected chi connectivity index (χ2v) is 7.07. The summed E-state index contributed by atoms with van der Waals surface area (Å²) in [5.74, 6) is 1.43. The smallest absolute Gasteiger partial charge is 0.407 e. The molecule has 2 rings (SSSR count). The maximum atomic E-state index is 12.6. The van der Waals surface area contributed by atoms with Crippen molar-refractivity contribution >= 4 is 18.1 Å². The van der Waals surface area contributed by atoms with Crippen LogP contribution >= 0.6 is 0 Å². The molecule has 10 heteroatoms. The Labute approximate surface area is 197 Å². The predicted molar refractivity (Wildman–Crippen MR) is 124 cm³/mol. The molecule has 0 fully saturated rings. The molecule has 1 atom stereocenters. The zero-order chi connectivity index (χ0) is 24.6. The van der Waals surface area contributed by atoms with E-state index in [0.717, 1.165) is 11.1 Å². The van der Waals surface area contributed by atoms with Gasteiger partial charge in [0.05, 0.1) is 5.29 Å². The van der Waals surface area contributed by atoms with Crippen molar-refractivity contribution in [1.82, 2.24) is 15.6 Å². The summed E-state index contributed by atoms with van der Waals surface area (Å²) in [6.45, 7) is -0.0289. The molecule has 2 aromatic carbocycles. The van der Waals surface area contributed by atoms with Gasteiger partial charge in [-0.1, -0.05) is 66.6 Å². The molecule has 0 aromatic heterocycles. The normalized spacial score (nSPS) is 10.8. The van der Waals surface area contributed by atoms with E-state index in [-0.39, 0.29) is 32.7 Å². The first-order valence-corrected chi connectivity index (χ1v) is 10.5. The summed E-state index contributed by atoms with van der Waals surface area (Å²) in [4.78, 5) is 47.5. The van der Waals surface area contributed by atoms with Gasteiger partial charge in [0.25, 0.3) is 0 Å². The minimum absolute atomic E-state index is 0.0100. The van der Waals surface area contributed by atoms with E-state index in [1.54, 1.807) is 24.3 Å². The van der Waals surface area contributed by atoms with Gasteiger partial charge >= 0.3 is 18.1 Å². The number of hydrogen-bond donors (Lipinski definition) is 2. The lowest BCUT2D eigenvalue weighted by molar-refractivity contribution is -0.147. The van der Waals surface area contributed by atoms with E-state index in [1.807, 2.05) is 36.4 Å². The third-order valence-corrected chi connectivity index (χ3v) is 4.53. The van der Waals surface area contributed by atoms with Crippen molar-refractivity contribution in [2.75, 3.05) is 13.1 Å². The molecule has 0 saturated heterocycles. The number of carbonyl (C=O) groups is 3. The SMILES string of the molecule is C#CCN(N=O)C(=O)NC(CCCNC(=O)OCc1ccccc1)C(=O)OCc1ccccc1. The molecule has 0 aliphatic carbocycles. The topological polar surface area (TPSA) is 126 Å². The molecule has 10 nitrogen and oxygen atoms in total. The van der Waals surface area contributed by atoms with E-state index >= 15 is 0 Å². The molecule has 1 unspecified atom stereocenters. The number of rotatable bonds is 12. The van der Waals surface area contributed by atoms with Gasteiger partial charge in [-0.2, -0.15) is 5.01 Å². The van der Waals surface area contributed by atoms with Gasteiger partial charge in [-0.25, -0.2) is 14.4 Å². The van der Waals surface area contributed by atoms with Gasteiger partial charge in [-0.15, -0.1) is 11.3 Å². The van der Waals surface area contributed by atoms with Crippen molar-refractivity contribution in [1.29, 1.82) is 0 Å². The van der Waals surface area contributed by atoms with Gasteiger partial charge in [0.1, 0.15) is 25.8 Å². The fourth-order valence-electron chi connectivity index (χ4n) is 2.80. The van der Waals surface area contributed by atoms with E-state index in [0.29, 0.717) is 11.4 Å². The molecule has 0 heterocycles. The van der Waals surface area contributed by atoms with Crippen LogP contribution in [0.1, 0.15) is 24.0 Å². The van der Waals surface area contributed by atoms with Crippen LogP contribution in [0.5, 0.6) is 0 Å². The van der Waals surface area contributed by atoms with Crippen LogP contribution in [-0.4, -0.2) is 42.2 Å². The second-order valence-electron chi connectivity index (χ2n) is 7.07. The number of urea groups is 1. The van der Waals surface area contributed by atoms with Crippen molar-refractivity contribution in [3.8, 4) is 12.3 Å². The Hall–Kier alpha value is -4.39. The highest BCUT2D eigenvalue weighted by Crippen LogP contribution is 2.07. The number of nitrogens with zero attached hydrogens (tertiary/aromatic N) is 2. The van der Waals surface area contributed by atoms with E-state index < -0.39 is 24.1 Å². The average Bonchev–Trinajstić information content (AvgIpc) is 2.87. The number of ether oxygens (including phenoxy) is 2. The quantitative estimate of drug-likeness (QED) is 0.163. The van der Waals surface area contributed by atoms with Gasteiger partial charge in [-0.05, 0) is 24.0 Å². The summed E-state index contributed by atoms with van der Waals surface area (Å²) in [5.41, 5.74) is 1.62. The number of amides is 3. The summed E-state index contributed by atoms with van der Waals surface area (Å²) >= 11 is 0. The van der Waals surface area contributed by atoms with Crippen molar-refractivity contribution in [2.24, 2.45) is 5.29 Å². The largest absolute Gasteiger partial charge is 0.459 e. The molecule has 3 amide bonds. The van der Waals surface area contributed by atoms with Gasteiger partial charge < -0.3 is 20.1 Å². The Morgan fingerprint density at radius 3 is 2.12 bits per heavy atom. The second kappa shape index (κ2) is 14.6. The Bertz CT molecular complexity index is 978. The first-order chi connectivity index (χ1) is 16.5. The number of terminal acetylenes is 1. The lowest BCUT2D eigenvalue weighted by Gasteiger charge is -2.20. The summed E-state index contributed by atoms with van der Waals surface area (Å²) in [7, 11) is 0. The summed E-state index contributed by atoms with van der Waals surface area (Å²) in [6, 6.07) is 16.2. The van der Waals surface area contributed by atoms with Gasteiger partial charge in [0, 0.05) is 6.54 Å². The molecule has 34 heavy (non-hydrogen) atoms. The summed E-state index contributed by atoms with van der Waals surface area (Å²) < 4.78 is 10.4. The van der Waals surface area contributed by atoms with Crippen LogP contribution in [0.4, 0.5) is 9.59 Å². The monoisotopic (exact) mass is 466 g/mol. The number of nitroso groups, excluding NO2 is 1. The molecule has 0 saturated carbocycles. The van der Waals surface area contributed by atoms with E-state index in [4.69, 9.17) is 15.9 Å². The van der Waals surface area contributed by atoms with Crippen molar-refractivity contribution in [3.63, 3.8) is 0 Å². The Morgan fingerprint density at radius 2 is 1.56 bits per heavy atom. The third-order valence-electron chi connectivity index (χ3n) is 4.53. The molecule has 0 bridgehead atoms. The summed E-state index contributed by atoms with van der Waals surface area (Å²) in [5, 5.41) is 8.02. The van der Waals surface area contributed by atoms with Crippen molar-refractivity contribution in [2.45, 2.75) is 32.1 Å². The van der Waals surface area contributed by atoms with Crippen LogP contribution in [0.2, 0.25) is 0 Å². The molecule has 2 aromatic rings. The maximum Gasteiger partial charge on any atom is 0.407 e. The Morgan fingerprint density at radius 1 is 0.971 bits per heavy atom. The minimum Gasteiger partial charge on any atom is -0.459 e. The van der Waals surface area contributed by atoms with Crippen LogP contribution in [0.3, 0.4) is 0 Å². The Kier molecular flexibility index (Phi) is 11.1. The summed E-state index contributed by atoms with van der Waals surface area (Å²) in [6.07, 6.45) is 4.95. The lowest BCUT2D eigenvalue weighted by Crippen LogP contribution is -2.47. The van der Waals surface area contributed by atoms with Crippen molar-refractivity contribution in [3.05, 3.63) is 76.7 Å². The number of benzene rings is 2. The highest BCUT2D eigenvalue weighted by atomic mass is 16.5. The van der Waals surface area contributed by atoms with Crippen molar-refractivity contribution < 1.29 is 23.9 Å². The molecule has 2 N–H and O–H groups in total. The fourth-order valence-corrected chi connectivity index (χ4v) is 2.80. The first kappa shape index (κ1) is 25.9. The number of esters is 1. The average molecular weight is 466 g/mol. The molecular weight excluding hydrogens is 440 g/mol. The number of alkyl carbamates (subject to hydrolysis) is 1. The van der Waals surface area contributed by atoms with Crippen LogP contribution in [0.15, 0.2) is 65.9 Å². The van der Waals surface area contributed by atoms with Crippen LogP contribution < -0.4 is 10.6 Å². The minimum atomic E-state index is -1.08. The first-order valence-electron chi connectivity index (χ1n) is 10.5. The number of carbonyl (C=O) groups excluding carboxylic acids is 3. The molecule has 0 spiro atoms. The number of nitrogens with one attached hydrogen (secondary N) is 2. The molecular formula is C24H26N4O6. The van der Waals surface area contributed by atoms with Gasteiger partial charge in [-0.3, -0.25) is 0 Å². The van der Waals surface area contributed by atoms with Crippen LogP contribution in [0, 0.1) is 17.3 Å². The van der Waals surface area contributed by atoms with Crippen LogP contribution in [-0.2, 0) is 27.5 Å². The zero-order valence-corrected chi connectivity index (χ0v) is 18.5. The van der Waals surface area contributed by atoms with Gasteiger partial charge in [0.15, 0.2) is 0 Å². The van der Waals surface area contributed by atoms with E-state index in [1.165, 1.54) is 0 Å². The van der Waals surface area contributed by atoms with E-state index in [2.05, 4.69) is 21.8 Å². The van der Waals surface area contributed by atoms with Gasteiger partial charge in [0.2, 0.25) is 0 Å². The zero-order valence-electron chi connectivity index (χ0n) is 18.5. The molecule has 178 valence electrons. The number of hydrogen-bond acceptors (Lipinski definition) is 7. The third kappa shape index (κ3) is 9.40. The maximum absolute atomic E-state index is 12.6. The van der Waals surface area contributed by atoms with E-state index in [9.17, 15) is 19.3 Å². The molecule has 0 radical (unpaired) electrons. The standard InChI is InChI=1S/C24H26N4O6/c1-2-16-28(27-32)23(30)26-21(22(29)33-17-19-10-5-3-6-11-19)14-9-15-25-24(31)34-18-20-12-7-4-8-13-20/h1,3-8,10-13,21H,9,14-18H2,(H,25,31)(H,26,30).